The van der Waals surface area contributed by atoms with E-state index in [0.717, 1.165) is 4.90 Å². The van der Waals surface area contributed by atoms with Gasteiger partial charge in [-0.1, -0.05) is 39.0 Å². The number of hydrogen-bond acceptors (Lipinski definition) is 6. The van der Waals surface area contributed by atoms with Crippen molar-refractivity contribution in [1.29, 1.82) is 0 Å². The monoisotopic (exact) mass is 475 g/mol. The van der Waals surface area contributed by atoms with E-state index in [9.17, 15) is 4.79 Å². The third kappa shape index (κ3) is 7.38. The number of nitrogens with two attached hydrogens (primary N) is 1. The Kier molecular flexibility index (Phi) is 8.32. The number of para-hydroxylation sites is 1. The molecule has 176 valence electrons. The number of amidine groups is 1. The second-order valence-electron chi connectivity index (χ2n) is 8.41. The van der Waals surface area contributed by atoms with Crippen LogP contribution in [0.4, 0.5) is 16.2 Å². The normalized spacial score (nSPS) is 12.2. The van der Waals surface area contributed by atoms with Crippen LogP contribution in [0.3, 0.4) is 0 Å². The summed E-state index contributed by atoms with van der Waals surface area (Å²) in [4.78, 5) is 22.3. The van der Waals surface area contributed by atoms with E-state index < -0.39 is 6.03 Å². The number of pyridine rings is 1. The predicted octanol–water partition coefficient (Wildman–Crippen LogP) is 6.34. The molecule has 8 heteroatoms. The Bertz CT molecular complexity index is 1170. The van der Waals surface area contributed by atoms with Gasteiger partial charge in [-0.25, -0.2) is 9.79 Å². The third-order valence-corrected chi connectivity index (χ3v) is 5.49. The summed E-state index contributed by atoms with van der Waals surface area (Å²) in [6.45, 7) is 6.00. The number of carbonyl (C=O) groups is 1. The highest BCUT2D eigenvalue weighted by Gasteiger charge is 2.16. The second-order valence-corrected chi connectivity index (χ2v) is 9.26. The summed E-state index contributed by atoms with van der Waals surface area (Å²) in [6.07, 6.45) is 6.96. The van der Waals surface area contributed by atoms with Crippen LogP contribution in [0.25, 0.3) is 0 Å². The van der Waals surface area contributed by atoms with E-state index in [1.165, 1.54) is 11.8 Å². The summed E-state index contributed by atoms with van der Waals surface area (Å²) in [5.41, 5.74) is 7.94. The molecular formula is C26H29N5O2S. The Morgan fingerprint density at radius 1 is 1.06 bits per heavy atom. The van der Waals surface area contributed by atoms with Crippen LogP contribution in [0.5, 0.6) is 11.5 Å². The molecule has 0 radical (unpaired) electrons. The molecule has 4 N–H and O–H groups in total. The van der Waals surface area contributed by atoms with E-state index in [4.69, 9.17) is 10.5 Å². The summed E-state index contributed by atoms with van der Waals surface area (Å²) in [5, 5.41) is 5.71. The van der Waals surface area contributed by atoms with Gasteiger partial charge in [0, 0.05) is 34.5 Å². The molecule has 0 saturated carbocycles. The van der Waals surface area contributed by atoms with Crippen molar-refractivity contribution in [3.05, 3.63) is 84.8 Å². The summed E-state index contributed by atoms with van der Waals surface area (Å²) >= 11 is 1.50. The molecule has 0 unspecified atom stereocenters. The molecule has 2 amide bonds. The molecule has 0 aliphatic heterocycles. The van der Waals surface area contributed by atoms with Crippen molar-refractivity contribution in [3.8, 4) is 11.5 Å². The molecule has 0 aliphatic carbocycles. The highest BCUT2D eigenvalue weighted by atomic mass is 32.2. The van der Waals surface area contributed by atoms with Crippen molar-refractivity contribution >= 4 is 35.0 Å². The van der Waals surface area contributed by atoms with Crippen molar-refractivity contribution < 1.29 is 9.53 Å². The molecule has 2 aromatic carbocycles. The number of anilines is 1. The lowest BCUT2D eigenvalue weighted by Crippen LogP contribution is -2.34. The number of benzene rings is 2. The number of allylic oxidation sites excluding steroid dienone is 1. The number of carbonyl (C=O) groups excluding carboxylic acids is 1. The average Bonchev–Trinajstić information content (AvgIpc) is 2.80. The van der Waals surface area contributed by atoms with Gasteiger partial charge in [0.1, 0.15) is 17.3 Å². The zero-order chi connectivity index (χ0) is 24.6. The van der Waals surface area contributed by atoms with Gasteiger partial charge in [-0.05, 0) is 48.7 Å². The Hall–Kier alpha value is -3.78. The maximum atomic E-state index is 12.9. The molecule has 0 spiro atoms. The molecule has 1 aromatic heterocycles. The molecule has 0 saturated heterocycles. The highest BCUT2D eigenvalue weighted by molar-refractivity contribution is 7.98. The summed E-state index contributed by atoms with van der Waals surface area (Å²) in [7, 11) is 0. The van der Waals surface area contributed by atoms with Crippen LogP contribution in [0.1, 0.15) is 20.8 Å². The van der Waals surface area contributed by atoms with Crippen molar-refractivity contribution in [3.63, 3.8) is 0 Å². The molecule has 3 aromatic rings. The number of aliphatic imine (C=N–C) groups is 1. The van der Waals surface area contributed by atoms with E-state index in [-0.39, 0.29) is 5.41 Å². The van der Waals surface area contributed by atoms with Gasteiger partial charge >= 0.3 is 6.03 Å². The smallest absolute Gasteiger partial charge is 0.324 e. The number of ether oxygens (including phenoxy) is 1. The fraction of sp³-hybridized carbons (Fsp3) is 0.192. The fourth-order valence-electron chi connectivity index (χ4n) is 2.75. The van der Waals surface area contributed by atoms with Gasteiger partial charge in [-0.2, -0.15) is 0 Å². The topological polar surface area (TPSA) is 102 Å². The van der Waals surface area contributed by atoms with E-state index in [1.54, 1.807) is 42.7 Å². The lowest BCUT2D eigenvalue weighted by molar-refractivity contribution is 0.256. The molecular weight excluding hydrogens is 446 g/mol. The number of nitrogens with zero attached hydrogens (tertiary/aromatic N) is 2. The standard InChI is InChI=1S/C26H29N5O2S/c1-26(2,3)23(27)17-24(29-18-8-6-5-7-9-18)31-25(32)30-21-11-10-20(16-22(21)34-4)33-19-12-14-28-15-13-19/h5-17H,27H2,1-4H3,(H2,29,30,31,32)/b23-17-. The summed E-state index contributed by atoms with van der Waals surface area (Å²) < 4.78 is 5.86. The van der Waals surface area contributed by atoms with Crippen LogP contribution in [0, 0.1) is 5.41 Å². The Balaban J connectivity index is 1.79. The lowest BCUT2D eigenvalue weighted by atomic mass is 9.92. The second kappa shape index (κ2) is 11.4. The highest BCUT2D eigenvalue weighted by Crippen LogP contribution is 2.31. The van der Waals surface area contributed by atoms with Crippen molar-refractivity contribution in [2.75, 3.05) is 11.6 Å². The van der Waals surface area contributed by atoms with E-state index in [0.29, 0.717) is 34.4 Å². The van der Waals surface area contributed by atoms with Crippen LogP contribution >= 0.6 is 11.8 Å². The first-order chi connectivity index (χ1) is 16.2. The van der Waals surface area contributed by atoms with Crippen LogP contribution in [-0.4, -0.2) is 23.1 Å². The van der Waals surface area contributed by atoms with Crippen LogP contribution in [0.15, 0.2) is 94.7 Å². The van der Waals surface area contributed by atoms with Crippen LogP contribution in [0.2, 0.25) is 0 Å². The number of thioether (sulfide) groups is 1. The van der Waals surface area contributed by atoms with Gasteiger partial charge in [0.05, 0.1) is 11.4 Å². The molecule has 7 nitrogen and oxygen atoms in total. The quantitative estimate of drug-likeness (QED) is 0.219. The van der Waals surface area contributed by atoms with Crippen molar-refractivity contribution in [2.24, 2.45) is 16.1 Å². The number of amides is 2. The molecule has 0 bridgehead atoms. The Labute approximate surface area is 204 Å². The SMILES string of the molecule is CSc1cc(Oc2ccncc2)ccc1NC(=O)NC(/C=C(\N)C(C)(C)C)=Nc1ccccc1. The maximum absolute atomic E-state index is 12.9. The first-order valence-electron chi connectivity index (χ1n) is 10.7. The number of aromatic nitrogens is 1. The largest absolute Gasteiger partial charge is 0.457 e. The first-order valence-corrected chi connectivity index (χ1v) is 11.9. The van der Waals surface area contributed by atoms with E-state index >= 15 is 0 Å². The minimum atomic E-state index is -0.425. The molecule has 0 fully saturated rings. The van der Waals surface area contributed by atoms with Crippen LogP contribution in [-0.2, 0) is 0 Å². The molecule has 1 heterocycles. The number of urea groups is 1. The van der Waals surface area contributed by atoms with Gasteiger partial charge < -0.3 is 15.8 Å². The van der Waals surface area contributed by atoms with Crippen LogP contribution < -0.4 is 21.1 Å². The van der Waals surface area contributed by atoms with Gasteiger partial charge in [0.15, 0.2) is 0 Å². The van der Waals surface area contributed by atoms with Gasteiger partial charge in [0.2, 0.25) is 0 Å². The first kappa shape index (κ1) is 24.9. The molecule has 3 rings (SSSR count). The Morgan fingerprint density at radius 2 is 1.76 bits per heavy atom. The van der Waals surface area contributed by atoms with Crippen molar-refractivity contribution in [1.82, 2.24) is 10.3 Å². The zero-order valence-electron chi connectivity index (χ0n) is 19.7. The van der Waals surface area contributed by atoms with Crippen molar-refractivity contribution in [2.45, 2.75) is 25.7 Å². The number of hydrogen-bond donors (Lipinski definition) is 3. The minimum absolute atomic E-state index is 0.272. The third-order valence-electron chi connectivity index (χ3n) is 4.71. The summed E-state index contributed by atoms with van der Waals surface area (Å²) in [6, 6.07) is 18.0. The van der Waals surface area contributed by atoms with Gasteiger partial charge in [-0.15, -0.1) is 11.8 Å². The Morgan fingerprint density at radius 3 is 2.41 bits per heavy atom. The maximum Gasteiger partial charge on any atom is 0.324 e. The predicted molar refractivity (Wildman–Crippen MR) is 140 cm³/mol. The molecule has 0 aliphatic rings. The zero-order valence-corrected chi connectivity index (χ0v) is 20.5. The summed E-state index contributed by atoms with van der Waals surface area (Å²) in [5.74, 6) is 1.69. The average molecular weight is 476 g/mol. The lowest BCUT2D eigenvalue weighted by Gasteiger charge is -2.19. The minimum Gasteiger partial charge on any atom is -0.457 e. The molecule has 0 atom stereocenters. The fourth-order valence-corrected chi connectivity index (χ4v) is 3.33. The van der Waals surface area contributed by atoms with Gasteiger partial charge in [-0.3, -0.25) is 10.3 Å². The van der Waals surface area contributed by atoms with E-state index in [1.807, 2.05) is 63.4 Å². The molecule has 34 heavy (non-hydrogen) atoms. The number of nitrogens with one attached hydrogen (secondary N) is 2. The number of rotatable bonds is 6. The van der Waals surface area contributed by atoms with E-state index in [2.05, 4.69) is 20.6 Å². The van der Waals surface area contributed by atoms with Gasteiger partial charge in [0.25, 0.3) is 0 Å².